The van der Waals surface area contributed by atoms with Gasteiger partial charge in [-0.25, -0.2) is 0 Å². The van der Waals surface area contributed by atoms with Gasteiger partial charge in [-0.3, -0.25) is 0 Å². The minimum Gasteiger partial charge on any atom is -0.318 e. The van der Waals surface area contributed by atoms with Crippen molar-refractivity contribution in [3.63, 3.8) is 0 Å². The molecule has 0 aliphatic carbocycles. The Morgan fingerprint density at radius 1 is 1.36 bits per heavy atom. The summed E-state index contributed by atoms with van der Waals surface area (Å²) in [6, 6.07) is 6.19. The van der Waals surface area contributed by atoms with Crippen molar-refractivity contribution in [2.75, 3.05) is 0 Å². The van der Waals surface area contributed by atoms with E-state index in [9.17, 15) is 0 Å². The summed E-state index contributed by atoms with van der Waals surface area (Å²) in [4.78, 5) is 0. The first kappa shape index (κ1) is 13.2. The molecule has 2 heteroatoms. The van der Waals surface area contributed by atoms with Gasteiger partial charge in [0, 0.05) is 0 Å². The number of aryl methyl sites for hydroxylation is 1. The van der Waals surface area contributed by atoms with Crippen LogP contribution in [0.4, 0.5) is 0 Å². The highest BCUT2D eigenvalue weighted by Crippen LogP contribution is 2.24. The minimum absolute atomic E-state index is 0. The summed E-state index contributed by atoms with van der Waals surface area (Å²) in [7, 11) is 0. The third kappa shape index (κ3) is 2.37. The zero-order chi connectivity index (χ0) is 10.1. The van der Waals surface area contributed by atoms with E-state index in [0.29, 0.717) is 0 Å². The molecule has 2 N–H and O–H groups in total. The molecule has 78 valence electrons. The molecule has 1 aromatic rings. The molecule has 0 amide bonds. The molecule has 14 heavy (non-hydrogen) atoms. The van der Waals surface area contributed by atoms with Gasteiger partial charge in [0.2, 0.25) is 0 Å². The topological polar surface area (TPSA) is 26.0 Å². The molecular weight excluding hydrogens is 194 g/mol. The Morgan fingerprint density at radius 3 is 2.43 bits per heavy atom. The number of hydrogen-bond acceptors (Lipinski definition) is 1. The first-order chi connectivity index (χ1) is 5.99. The van der Waals surface area contributed by atoms with Crippen LogP contribution < -0.4 is 5.73 Å². The van der Waals surface area contributed by atoms with Crippen molar-refractivity contribution in [2.24, 2.45) is 5.73 Å². The Bertz CT molecular complexity index is 329. The second-order valence-corrected chi connectivity index (χ2v) is 3.73. The molecule has 1 unspecified atom stereocenters. The predicted octanol–water partition coefficient (Wildman–Crippen LogP) is 3.09. The first-order valence-electron chi connectivity index (χ1n) is 4.48. The van der Waals surface area contributed by atoms with E-state index in [1.165, 1.54) is 11.1 Å². The zero-order valence-electron chi connectivity index (χ0n) is 9.00. The van der Waals surface area contributed by atoms with Crippen LogP contribution in [0.1, 0.15) is 23.6 Å². The van der Waals surface area contributed by atoms with E-state index in [1.807, 2.05) is 13.0 Å². The van der Waals surface area contributed by atoms with E-state index in [-0.39, 0.29) is 12.4 Å². The largest absolute Gasteiger partial charge is 0.318 e. The van der Waals surface area contributed by atoms with Crippen LogP contribution in [0.2, 0.25) is 0 Å². The van der Waals surface area contributed by atoms with Gasteiger partial charge in [0.15, 0.2) is 0 Å². The molecule has 0 fully saturated rings. The summed E-state index contributed by atoms with van der Waals surface area (Å²) >= 11 is 0. The summed E-state index contributed by atoms with van der Waals surface area (Å²) in [5, 5.41) is 0. The van der Waals surface area contributed by atoms with Gasteiger partial charge in [-0.2, -0.15) is 0 Å². The van der Waals surface area contributed by atoms with Gasteiger partial charge in [-0.05, 0) is 37.5 Å². The summed E-state index contributed by atoms with van der Waals surface area (Å²) in [5.74, 6) is 0. The molecule has 0 spiro atoms. The number of hydrogen-bond donors (Lipinski definition) is 1. The summed E-state index contributed by atoms with van der Waals surface area (Å²) in [5.41, 5.74) is 9.35. The molecular formula is C12H18ClN. The molecule has 1 aromatic carbocycles. The highest BCUT2D eigenvalue weighted by Gasteiger charge is 2.18. The Kier molecular flexibility index (Phi) is 4.37. The van der Waals surface area contributed by atoms with Crippen LogP contribution in [0.15, 0.2) is 30.9 Å². The van der Waals surface area contributed by atoms with Gasteiger partial charge in [0.1, 0.15) is 0 Å². The average molecular weight is 212 g/mol. The quantitative estimate of drug-likeness (QED) is 0.748. The van der Waals surface area contributed by atoms with Crippen molar-refractivity contribution >= 4 is 12.4 Å². The van der Waals surface area contributed by atoms with Crippen molar-refractivity contribution in [1.29, 1.82) is 0 Å². The smallest absolute Gasteiger partial charge is 0.0566 e. The number of rotatable bonds is 2. The predicted molar refractivity (Wildman–Crippen MR) is 64.9 cm³/mol. The second kappa shape index (κ2) is 4.63. The lowest BCUT2D eigenvalue weighted by atomic mass is 9.88. The minimum atomic E-state index is -0.421. The summed E-state index contributed by atoms with van der Waals surface area (Å²) in [6.07, 6.45) is 1.79. The van der Waals surface area contributed by atoms with E-state index >= 15 is 0 Å². The van der Waals surface area contributed by atoms with Crippen LogP contribution in [-0.2, 0) is 5.54 Å². The van der Waals surface area contributed by atoms with Crippen LogP contribution >= 0.6 is 12.4 Å². The van der Waals surface area contributed by atoms with Gasteiger partial charge in [-0.1, -0.05) is 24.3 Å². The Hall–Kier alpha value is -0.790. The van der Waals surface area contributed by atoms with Crippen molar-refractivity contribution in [2.45, 2.75) is 26.3 Å². The second-order valence-electron chi connectivity index (χ2n) is 3.73. The van der Waals surface area contributed by atoms with Crippen LogP contribution in [-0.4, -0.2) is 0 Å². The molecule has 1 nitrogen and oxygen atoms in total. The van der Waals surface area contributed by atoms with Crippen molar-refractivity contribution in [3.8, 4) is 0 Å². The van der Waals surface area contributed by atoms with E-state index in [0.717, 1.165) is 5.56 Å². The average Bonchev–Trinajstić information content (AvgIpc) is 2.09. The van der Waals surface area contributed by atoms with Gasteiger partial charge < -0.3 is 5.73 Å². The van der Waals surface area contributed by atoms with Gasteiger partial charge in [-0.15, -0.1) is 19.0 Å². The maximum absolute atomic E-state index is 6.09. The monoisotopic (exact) mass is 211 g/mol. The van der Waals surface area contributed by atoms with Crippen LogP contribution in [0.5, 0.6) is 0 Å². The lowest BCUT2D eigenvalue weighted by Crippen LogP contribution is -2.31. The third-order valence-electron chi connectivity index (χ3n) is 2.61. The summed E-state index contributed by atoms with van der Waals surface area (Å²) in [6.45, 7) is 9.92. The Morgan fingerprint density at radius 2 is 1.93 bits per heavy atom. The molecule has 0 saturated heterocycles. The maximum atomic E-state index is 6.09. The molecule has 0 radical (unpaired) electrons. The van der Waals surface area contributed by atoms with E-state index in [4.69, 9.17) is 5.73 Å². The van der Waals surface area contributed by atoms with Crippen molar-refractivity contribution in [1.82, 2.24) is 0 Å². The molecule has 0 heterocycles. The van der Waals surface area contributed by atoms with E-state index in [1.54, 1.807) is 6.08 Å². The van der Waals surface area contributed by atoms with Crippen molar-refractivity contribution in [3.05, 3.63) is 47.5 Å². The molecule has 1 atom stereocenters. The number of halogens is 1. The van der Waals surface area contributed by atoms with Crippen LogP contribution in [0.3, 0.4) is 0 Å². The SMILES string of the molecule is C=CC(C)(N)c1cccc(C)c1C.Cl. The van der Waals surface area contributed by atoms with E-state index in [2.05, 4.69) is 32.6 Å². The normalized spacial score (nSPS) is 14.0. The molecule has 0 saturated carbocycles. The first-order valence-corrected chi connectivity index (χ1v) is 4.48. The van der Waals surface area contributed by atoms with E-state index < -0.39 is 5.54 Å². The molecule has 0 aliphatic heterocycles. The third-order valence-corrected chi connectivity index (χ3v) is 2.61. The summed E-state index contributed by atoms with van der Waals surface area (Å²) < 4.78 is 0. The van der Waals surface area contributed by atoms with Gasteiger partial charge in [0.05, 0.1) is 5.54 Å². The number of benzene rings is 1. The standard InChI is InChI=1S/C12H17N.ClH/c1-5-12(4,13)11-8-6-7-9(2)10(11)3;/h5-8H,1,13H2,2-4H3;1H. The van der Waals surface area contributed by atoms with Crippen molar-refractivity contribution < 1.29 is 0 Å². The lowest BCUT2D eigenvalue weighted by Gasteiger charge is -2.23. The molecule has 1 rings (SSSR count). The van der Waals surface area contributed by atoms with Gasteiger partial charge in [0.25, 0.3) is 0 Å². The highest BCUT2D eigenvalue weighted by molar-refractivity contribution is 5.85. The lowest BCUT2D eigenvalue weighted by molar-refractivity contribution is 0.626. The fraction of sp³-hybridized carbons (Fsp3) is 0.333. The molecule has 0 aromatic heterocycles. The number of nitrogens with two attached hydrogens (primary N) is 1. The molecule has 0 bridgehead atoms. The van der Waals surface area contributed by atoms with Crippen LogP contribution in [0, 0.1) is 13.8 Å². The maximum Gasteiger partial charge on any atom is 0.0566 e. The fourth-order valence-electron chi connectivity index (χ4n) is 1.44. The molecule has 0 aliphatic rings. The van der Waals surface area contributed by atoms with Crippen LogP contribution in [0.25, 0.3) is 0 Å². The Balaban J connectivity index is 0.00000169. The van der Waals surface area contributed by atoms with Gasteiger partial charge >= 0.3 is 0 Å². The zero-order valence-corrected chi connectivity index (χ0v) is 9.82. The highest BCUT2D eigenvalue weighted by atomic mass is 35.5. The fourth-order valence-corrected chi connectivity index (χ4v) is 1.44. The Labute approximate surface area is 92.4 Å².